The first-order chi connectivity index (χ1) is 14.4. The summed E-state index contributed by atoms with van der Waals surface area (Å²) in [6, 6.07) is 6.95. The molecule has 0 bridgehead atoms. The Hall–Kier alpha value is -2.18. The van der Waals surface area contributed by atoms with Crippen molar-refractivity contribution in [3.63, 3.8) is 0 Å². The molecule has 1 atom stereocenters. The van der Waals surface area contributed by atoms with Crippen molar-refractivity contribution < 1.29 is 31.1 Å². The minimum Gasteiger partial charge on any atom is -0.492 e. The quantitative estimate of drug-likeness (QED) is 0.390. The lowest BCUT2D eigenvalue weighted by Crippen LogP contribution is -2.13. The normalized spacial score (nSPS) is 15.9. The van der Waals surface area contributed by atoms with Gasteiger partial charge in [-0.25, -0.2) is 0 Å². The first kappa shape index (κ1) is 23.5. The van der Waals surface area contributed by atoms with E-state index in [9.17, 15) is 26.3 Å². The average molecular weight is 444 g/mol. The molecule has 170 valence electrons. The Morgan fingerprint density at radius 3 is 2.00 bits per heavy atom. The van der Waals surface area contributed by atoms with Gasteiger partial charge in [-0.1, -0.05) is 32.9 Å². The number of hydrogen-bond acceptors (Lipinski definition) is 1. The SMILES string of the molecule is CC(C)CC(C)c1cc(-c2ccc(C(F)(F)F)cc2)c(OCC2CC2)c(C(F)(F)F)c1. The molecule has 1 nitrogen and oxygen atoms in total. The van der Waals surface area contributed by atoms with Crippen molar-refractivity contribution in [1.29, 1.82) is 0 Å². The zero-order valence-electron chi connectivity index (χ0n) is 17.7. The topological polar surface area (TPSA) is 9.23 Å². The van der Waals surface area contributed by atoms with Crippen LogP contribution in [-0.2, 0) is 12.4 Å². The van der Waals surface area contributed by atoms with Gasteiger partial charge in [0.1, 0.15) is 5.75 Å². The van der Waals surface area contributed by atoms with E-state index in [-0.39, 0.29) is 41.2 Å². The van der Waals surface area contributed by atoms with Crippen LogP contribution in [0.2, 0.25) is 0 Å². The maximum absolute atomic E-state index is 14.0. The highest BCUT2D eigenvalue weighted by atomic mass is 19.4. The molecule has 0 heterocycles. The molecular weight excluding hydrogens is 418 g/mol. The van der Waals surface area contributed by atoms with Crippen molar-refractivity contribution >= 4 is 0 Å². The zero-order valence-corrected chi connectivity index (χ0v) is 17.7. The molecule has 1 unspecified atom stereocenters. The van der Waals surface area contributed by atoms with E-state index >= 15 is 0 Å². The molecular formula is C24H26F6O. The van der Waals surface area contributed by atoms with Crippen molar-refractivity contribution in [3.8, 4) is 16.9 Å². The highest BCUT2D eigenvalue weighted by Gasteiger charge is 2.38. The number of ether oxygens (including phenoxy) is 1. The maximum atomic E-state index is 14.0. The van der Waals surface area contributed by atoms with Crippen molar-refractivity contribution in [2.45, 2.75) is 58.3 Å². The first-order valence-corrected chi connectivity index (χ1v) is 10.4. The number of halogens is 6. The molecule has 7 heteroatoms. The molecule has 1 aliphatic carbocycles. The standard InChI is InChI=1S/C24H26F6O/c1-14(2)10-15(3)18-11-20(17-6-8-19(9-7-17)23(25,26)27)22(31-13-16-4-5-16)21(12-18)24(28,29)30/h6-9,11-12,14-16H,4-5,10,13H2,1-3H3. The van der Waals surface area contributed by atoms with Gasteiger partial charge in [-0.2, -0.15) is 26.3 Å². The molecule has 0 amide bonds. The molecule has 1 saturated carbocycles. The van der Waals surface area contributed by atoms with Crippen LogP contribution in [0, 0.1) is 11.8 Å². The van der Waals surface area contributed by atoms with Crippen molar-refractivity contribution in [3.05, 3.63) is 53.1 Å². The number of rotatable bonds is 7. The molecule has 2 aromatic carbocycles. The maximum Gasteiger partial charge on any atom is 0.419 e. The third-order valence-electron chi connectivity index (χ3n) is 5.49. The van der Waals surface area contributed by atoms with E-state index in [0.717, 1.165) is 31.0 Å². The molecule has 31 heavy (non-hydrogen) atoms. The number of benzene rings is 2. The molecule has 1 aliphatic rings. The Morgan fingerprint density at radius 2 is 1.52 bits per heavy atom. The molecule has 0 radical (unpaired) electrons. The van der Waals surface area contributed by atoms with Crippen molar-refractivity contribution in [2.75, 3.05) is 6.61 Å². The van der Waals surface area contributed by atoms with Gasteiger partial charge >= 0.3 is 12.4 Å². The molecule has 0 aromatic heterocycles. The minimum atomic E-state index is -4.65. The van der Waals surface area contributed by atoms with Crippen LogP contribution >= 0.6 is 0 Å². The summed E-state index contributed by atoms with van der Waals surface area (Å²) in [5.41, 5.74) is -0.791. The molecule has 0 spiro atoms. The highest BCUT2D eigenvalue weighted by molar-refractivity contribution is 5.74. The second-order valence-electron chi connectivity index (χ2n) is 8.80. The van der Waals surface area contributed by atoms with E-state index in [1.165, 1.54) is 12.1 Å². The Kier molecular flexibility index (Phi) is 6.63. The van der Waals surface area contributed by atoms with E-state index in [1.54, 1.807) is 6.07 Å². The second-order valence-corrected chi connectivity index (χ2v) is 8.80. The van der Waals surface area contributed by atoms with Gasteiger partial charge in [-0.3, -0.25) is 0 Å². The van der Waals surface area contributed by atoms with Gasteiger partial charge in [0, 0.05) is 5.56 Å². The lowest BCUT2D eigenvalue weighted by atomic mass is 9.87. The van der Waals surface area contributed by atoms with E-state index in [0.29, 0.717) is 12.0 Å². The monoisotopic (exact) mass is 444 g/mol. The molecule has 1 fully saturated rings. The smallest absolute Gasteiger partial charge is 0.419 e. The van der Waals surface area contributed by atoms with E-state index in [4.69, 9.17) is 4.74 Å². The largest absolute Gasteiger partial charge is 0.492 e. The Balaban J connectivity index is 2.14. The molecule has 3 rings (SSSR count). The fourth-order valence-electron chi connectivity index (χ4n) is 3.68. The van der Waals surface area contributed by atoms with Gasteiger partial charge in [0.2, 0.25) is 0 Å². The van der Waals surface area contributed by atoms with Crippen molar-refractivity contribution in [1.82, 2.24) is 0 Å². The minimum absolute atomic E-state index is 0.146. The number of hydrogen-bond donors (Lipinski definition) is 0. The van der Waals surface area contributed by atoms with Crippen LogP contribution in [0.25, 0.3) is 11.1 Å². The summed E-state index contributed by atoms with van der Waals surface area (Å²) in [4.78, 5) is 0. The molecule has 2 aromatic rings. The second kappa shape index (κ2) is 8.75. The van der Waals surface area contributed by atoms with Crippen LogP contribution in [-0.4, -0.2) is 6.61 Å². The van der Waals surface area contributed by atoms with E-state index < -0.39 is 23.5 Å². The summed E-state index contributed by atoms with van der Waals surface area (Å²) >= 11 is 0. The average Bonchev–Trinajstić information content (AvgIpc) is 3.48. The summed E-state index contributed by atoms with van der Waals surface area (Å²) in [5, 5.41) is 0. The van der Waals surface area contributed by atoms with Crippen LogP contribution in [0.4, 0.5) is 26.3 Å². The van der Waals surface area contributed by atoms with Gasteiger partial charge < -0.3 is 4.74 Å². The van der Waals surface area contributed by atoms with Gasteiger partial charge in [0.15, 0.2) is 0 Å². The lowest BCUT2D eigenvalue weighted by Gasteiger charge is -2.23. The van der Waals surface area contributed by atoms with Crippen molar-refractivity contribution in [2.24, 2.45) is 11.8 Å². The van der Waals surface area contributed by atoms with Gasteiger partial charge in [-0.15, -0.1) is 0 Å². The van der Waals surface area contributed by atoms with Crippen LogP contribution in [0.15, 0.2) is 36.4 Å². The van der Waals surface area contributed by atoms with Crippen LogP contribution in [0.3, 0.4) is 0 Å². The summed E-state index contributed by atoms with van der Waals surface area (Å²) in [6.45, 7) is 6.00. The van der Waals surface area contributed by atoms with E-state index in [2.05, 4.69) is 0 Å². The van der Waals surface area contributed by atoms with Crippen LogP contribution in [0.1, 0.15) is 62.6 Å². The molecule has 0 aliphatic heterocycles. The lowest BCUT2D eigenvalue weighted by molar-refractivity contribution is -0.139. The number of alkyl halides is 6. The fourth-order valence-corrected chi connectivity index (χ4v) is 3.68. The van der Waals surface area contributed by atoms with Crippen LogP contribution in [0.5, 0.6) is 5.75 Å². The summed E-state index contributed by atoms with van der Waals surface area (Å²) in [5.74, 6) is 0.0529. The third kappa shape index (κ3) is 5.95. The fraction of sp³-hybridized carbons (Fsp3) is 0.500. The molecule has 0 N–H and O–H groups in total. The van der Waals surface area contributed by atoms with Gasteiger partial charge in [0.05, 0.1) is 17.7 Å². The highest BCUT2D eigenvalue weighted by Crippen LogP contribution is 2.46. The molecule has 0 saturated heterocycles. The summed E-state index contributed by atoms with van der Waals surface area (Å²) in [6.07, 6.45) is -6.67. The zero-order chi connectivity index (χ0) is 23.0. The Labute approximate surface area is 178 Å². The van der Waals surface area contributed by atoms with Crippen LogP contribution < -0.4 is 4.74 Å². The van der Waals surface area contributed by atoms with Gasteiger partial charge in [-0.05, 0) is 72.4 Å². The summed E-state index contributed by atoms with van der Waals surface area (Å²) < 4.78 is 86.5. The first-order valence-electron chi connectivity index (χ1n) is 10.4. The summed E-state index contributed by atoms with van der Waals surface area (Å²) in [7, 11) is 0. The van der Waals surface area contributed by atoms with Gasteiger partial charge in [0.25, 0.3) is 0 Å². The predicted octanol–water partition coefficient (Wildman–Crippen LogP) is 8.33. The van der Waals surface area contributed by atoms with E-state index in [1.807, 2.05) is 20.8 Å². The third-order valence-corrected chi connectivity index (χ3v) is 5.49. The Bertz CT molecular complexity index is 892. The Morgan fingerprint density at radius 1 is 0.903 bits per heavy atom. The predicted molar refractivity (Wildman–Crippen MR) is 108 cm³/mol.